The highest BCUT2D eigenvalue weighted by Crippen LogP contribution is 2.26. The fraction of sp³-hybridized carbons (Fsp3) is 0.267. The zero-order chi connectivity index (χ0) is 19.2. The number of Topliss-reactive ketones (excluding diaryl/α,β-unsaturated/α-hetero) is 1. The number of H-pyrrole nitrogens is 1. The number of carbonyl (C=O) groups excluding carboxylic acids is 1. The van der Waals surface area contributed by atoms with Gasteiger partial charge in [0.05, 0.1) is 15.8 Å². The van der Waals surface area contributed by atoms with Crippen molar-refractivity contribution in [3.8, 4) is 0 Å². The van der Waals surface area contributed by atoms with Gasteiger partial charge in [-0.3, -0.25) is 18.7 Å². The summed E-state index contributed by atoms with van der Waals surface area (Å²) in [5, 5.41) is 0.248. The first-order valence-corrected chi connectivity index (χ1v) is 8.74. The van der Waals surface area contributed by atoms with Crippen LogP contribution in [0, 0.1) is 0 Å². The summed E-state index contributed by atoms with van der Waals surface area (Å²) in [6.07, 6.45) is 1.47. The highest BCUT2D eigenvalue weighted by Gasteiger charge is 2.26. The molecule has 3 heterocycles. The molecule has 0 aromatic carbocycles. The molecule has 0 saturated heterocycles. The summed E-state index contributed by atoms with van der Waals surface area (Å²) in [5.41, 5.74) is 5.41. The Labute approximate surface area is 156 Å². The zero-order valence-electron chi connectivity index (χ0n) is 14.1. The number of hydrogen-bond acceptors (Lipinski definition) is 7. The Kier molecular flexibility index (Phi) is 4.63. The Morgan fingerprint density at radius 2 is 2.04 bits per heavy atom. The molecule has 1 atom stereocenters. The number of imidazole rings is 1. The number of anilines is 1. The maximum absolute atomic E-state index is 12.8. The number of halogens is 1. The van der Waals surface area contributed by atoms with Gasteiger partial charge in [-0.05, 0) is 13.0 Å². The Balaban J connectivity index is 1.95. The van der Waals surface area contributed by atoms with E-state index in [2.05, 4.69) is 15.0 Å². The summed E-state index contributed by atoms with van der Waals surface area (Å²) in [7, 11) is 2.70. The molecule has 3 aromatic rings. The van der Waals surface area contributed by atoms with E-state index in [0.29, 0.717) is 21.3 Å². The number of pyridine rings is 1. The molecule has 9 nitrogen and oxygen atoms in total. The Morgan fingerprint density at radius 1 is 1.35 bits per heavy atom. The lowest BCUT2D eigenvalue weighted by Gasteiger charge is -2.13. The highest BCUT2D eigenvalue weighted by atomic mass is 35.5. The molecule has 0 amide bonds. The van der Waals surface area contributed by atoms with Crippen molar-refractivity contribution >= 4 is 46.1 Å². The first-order valence-electron chi connectivity index (χ1n) is 7.48. The third kappa shape index (κ3) is 3.01. The van der Waals surface area contributed by atoms with Crippen LogP contribution in [0.5, 0.6) is 0 Å². The summed E-state index contributed by atoms with van der Waals surface area (Å²) in [4.78, 5) is 48.4. The maximum atomic E-state index is 12.8. The molecule has 136 valence electrons. The number of ketones is 1. The number of nitrogen functional groups attached to an aromatic ring is 1. The van der Waals surface area contributed by atoms with Gasteiger partial charge in [0.2, 0.25) is 0 Å². The minimum Gasteiger partial charge on any atom is -0.384 e. The quantitative estimate of drug-likeness (QED) is 0.498. The van der Waals surface area contributed by atoms with Crippen LogP contribution in [0.3, 0.4) is 0 Å². The van der Waals surface area contributed by atoms with Crippen molar-refractivity contribution in [3.63, 3.8) is 0 Å². The minimum absolute atomic E-state index is 0.159. The van der Waals surface area contributed by atoms with Crippen LogP contribution in [0.25, 0.3) is 11.2 Å². The molecule has 0 bridgehead atoms. The van der Waals surface area contributed by atoms with Crippen molar-refractivity contribution in [2.75, 3.05) is 5.73 Å². The summed E-state index contributed by atoms with van der Waals surface area (Å²) < 4.78 is 1.92. The fourth-order valence-corrected chi connectivity index (χ4v) is 3.45. The SMILES string of the molecule is C[C@@H](Sc1nc2ncc(Cl)cc2[nH]1)C(=O)c1c(N)n(C)c(=O)n(C)c1=O. The van der Waals surface area contributed by atoms with Crippen LogP contribution in [0.15, 0.2) is 27.0 Å². The molecule has 3 N–H and O–H groups in total. The molecule has 3 rings (SSSR count). The van der Waals surface area contributed by atoms with E-state index in [9.17, 15) is 14.4 Å². The number of aromatic nitrogens is 5. The van der Waals surface area contributed by atoms with Crippen molar-refractivity contribution in [2.45, 2.75) is 17.3 Å². The molecule has 26 heavy (non-hydrogen) atoms. The number of hydrogen-bond donors (Lipinski definition) is 2. The minimum atomic E-state index is -0.721. The molecule has 0 aliphatic carbocycles. The van der Waals surface area contributed by atoms with Gasteiger partial charge in [0.15, 0.2) is 16.6 Å². The van der Waals surface area contributed by atoms with Gasteiger partial charge in [0.25, 0.3) is 5.56 Å². The normalized spacial score (nSPS) is 12.5. The second-order valence-electron chi connectivity index (χ2n) is 5.66. The van der Waals surface area contributed by atoms with E-state index in [-0.39, 0.29) is 11.4 Å². The molecule has 0 radical (unpaired) electrons. The van der Waals surface area contributed by atoms with E-state index in [1.54, 1.807) is 13.0 Å². The first kappa shape index (κ1) is 18.2. The molecule has 0 unspecified atom stereocenters. The zero-order valence-corrected chi connectivity index (χ0v) is 15.7. The number of nitrogens with one attached hydrogen (secondary N) is 1. The second-order valence-corrected chi connectivity index (χ2v) is 7.42. The van der Waals surface area contributed by atoms with E-state index < -0.39 is 22.3 Å². The van der Waals surface area contributed by atoms with Crippen LogP contribution < -0.4 is 17.0 Å². The molecule has 11 heteroatoms. The summed E-state index contributed by atoms with van der Waals surface area (Å²) in [6, 6.07) is 1.67. The monoisotopic (exact) mass is 394 g/mol. The lowest BCUT2D eigenvalue weighted by molar-refractivity contribution is 0.0992. The smallest absolute Gasteiger partial charge is 0.332 e. The lowest BCUT2D eigenvalue weighted by atomic mass is 10.1. The molecule has 0 spiro atoms. The van der Waals surface area contributed by atoms with Crippen molar-refractivity contribution in [1.82, 2.24) is 24.1 Å². The molecular formula is C15H15ClN6O3S. The van der Waals surface area contributed by atoms with Crippen molar-refractivity contribution in [3.05, 3.63) is 43.7 Å². The Morgan fingerprint density at radius 3 is 2.73 bits per heavy atom. The Bertz CT molecular complexity index is 1150. The van der Waals surface area contributed by atoms with Crippen molar-refractivity contribution < 1.29 is 4.79 Å². The van der Waals surface area contributed by atoms with Crippen LogP contribution >= 0.6 is 23.4 Å². The third-order valence-electron chi connectivity index (χ3n) is 3.90. The van der Waals surface area contributed by atoms with E-state index in [1.165, 1.54) is 20.3 Å². The molecule has 0 saturated carbocycles. The topological polar surface area (TPSA) is 129 Å². The second kappa shape index (κ2) is 6.61. The molecule has 0 aliphatic heterocycles. The van der Waals surface area contributed by atoms with Crippen LogP contribution in [-0.2, 0) is 14.1 Å². The van der Waals surface area contributed by atoms with Gasteiger partial charge in [-0.25, -0.2) is 14.8 Å². The number of aromatic amines is 1. The average molecular weight is 395 g/mol. The first-order chi connectivity index (χ1) is 12.2. The van der Waals surface area contributed by atoms with Gasteiger partial charge in [-0.15, -0.1) is 0 Å². The van der Waals surface area contributed by atoms with Crippen LogP contribution in [0.1, 0.15) is 17.3 Å². The highest BCUT2D eigenvalue weighted by molar-refractivity contribution is 8.00. The van der Waals surface area contributed by atoms with E-state index in [0.717, 1.165) is 20.9 Å². The van der Waals surface area contributed by atoms with E-state index >= 15 is 0 Å². The summed E-state index contributed by atoms with van der Waals surface area (Å²) in [5.74, 6) is -0.649. The van der Waals surface area contributed by atoms with Crippen molar-refractivity contribution in [1.29, 1.82) is 0 Å². The predicted molar refractivity (Wildman–Crippen MR) is 99.9 cm³/mol. The number of nitrogens with two attached hydrogens (primary N) is 1. The van der Waals surface area contributed by atoms with Gasteiger partial charge >= 0.3 is 5.69 Å². The number of carbonyl (C=O) groups is 1. The average Bonchev–Trinajstić information content (AvgIpc) is 2.99. The predicted octanol–water partition coefficient (Wildman–Crippen LogP) is 0.954. The number of nitrogens with zero attached hydrogens (tertiary/aromatic N) is 4. The van der Waals surface area contributed by atoms with E-state index in [1.807, 2.05) is 0 Å². The maximum Gasteiger partial charge on any atom is 0.332 e. The van der Waals surface area contributed by atoms with Crippen LogP contribution in [0.4, 0.5) is 5.82 Å². The van der Waals surface area contributed by atoms with Gasteiger partial charge in [0.1, 0.15) is 11.4 Å². The third-order valence-corrected chi connectivity index (χ3v) is 5.09. The number of rotatable bonds is 4. The van der Waals surface area contributed by atoms with Gasteiger partial charge < -0.3 is 10.7 Å². The fourth-order valence-electron chi connectivity index (χ4n) is 2.42. The summed E-state index contributed by atoms with van der Waals surface area (Å²) >= 11 is 7.01. The van der Waals surface area contributed by atoms with Crippen molar-refractivity contribution in [2.24, 2.45) is 14.1 Å². The van der Waals surface area contributed by atoms with Crippen LogP contribution in [0.2, 0.25) is 5.02 Å². The van der Waals surface area contributed by atoms with E-state index in [4.69, 9.17) is 17.3 Å². The molecule has 0 fully saturated rings. The Hall–Kier alpha value is -2.59. The van der Waals surface area contributed by atoms with Gasteiger partial charge in [-0.1, -0.05) is 23.4 Å². The summed E-state index contributed by atoms with van der Waals surface area (Å²) in [6.45, 7) is 1.63. The lowest BCUT2D eigenvalue weighted by Crippen LogP contribution is -2.42. The van der Waals surface area contributed by atoms with Gasteiger partial charge in [-0.2, -0.15) is 0 Å². The largest absolute Gasteiger partial charge is 0.384 e. The molecule has 3 aromatic heterocycles. The molecular weight excluding hydrogens is 380 g/mol. The number of thioether (sulfide) groups is 1. The molecule has 0 aliphatic rings. The van der Waals surface area contributed by atoms with Crippen LogP contribution in [-0.4, -0.2) is 35.1 Å². The van der Waals surface area contributed by atoms with Gasteiger partial charge in [0, 0.05) is 20.3 Å². The standard InChI is InChI=1S/C15H15ClN6O3S/c1-6(26-14-19-8-4-7(16)5-18-12(8)20-14)10(23)9-11(17)21(2)15(25)22(3)13(9)24/h4-6H,17H2,1-3H3,(H,18,19,20)/t6-/m1/s1. The number of fused-ring (bicyclic) bond motifs is 1.